The number of allylic oxidation sites excluding steroid dienone is 1. The van der Waals surface area contributed by atoms with Crippen LogP contribution in [0.2, 0.25) is 0 Å². The minimum atomic E-state index is 0.659. The van der Waals surface area contributed by atoms with Crippen molar-refractivity contribution in [3.05, 3.63) is 23.2 Å². The molecule has 0 aromatic carbocycles. The van der Waals surface area contributed by atoms with Crippen molar-refractivity contribution in [2.24, 2.45) is 16.6 Å². The Labute approximate surface area is 58.5 Å². The second-order valence-electron chi connectivity index (χ2n) is 2.30. The highest BCUT2D eigenvalue weighted by Gasteiger charge is 2.22. The average Bonchev–Trinajstić information content (AvgIpc) is 2.40. The molecule has 2 heterocycles. The van der Waals surface area contributed by atoms with Crippen molar-refractivity contribution >= 4 is 6.21 Å². The number of hydrogen-bond acceptors (Lipinski definition) is 4. The van der Waals surface area contributed by atoms with Gasteiger partial charge in [-0.15, -0.1) is 0 Å². The highest BCUT2D eigenvalue weighted by atomic mass is 15.4. The number of hydrazine groups is 1. The Hall–Kier alpha value is -1.29. The minimum absolute atomic E-state index is 0.659. The second-order valence-corrected chi connectivity index (χ2v) is 2.30. The van der Waals surface area contributed by atoms with Gasteiger partial charge in [0.2, 0.25) is 0 Å². The molecule has 0 fully saturated rings. The summed E-state index contributed by atoms with van der Waals surface area (Å²) in [6, 6.07) is 0. The van der Waals surface area contributed by atoms with Gasteiger partial charge in [0, 0.05) is 0 Å². The molecule has 0 bridgehead atoms. The molecule has 0 unspecified atom stereocenters. The fourth-order valence-electron chi connectivity index (χ4n) is 1.15. The van der Waals surface area contributed by atoms with E-state index in [1.54, 1.807) is 11.2 Å². The van der Waals surface area contributed by atoms with Crippen LogP contribution in [0.5, 0.6) is 0 Å². The van der Waals surface area contributed by atoms with Crippen LogP contribution < -0.4 is 11.6 Å². The van der Waals surface area contributed by atoms with Gasteiger partial charge in [0.05, 0.1) is 24.2 Å². The van der Waals surface area contributed by atoms with Crippen LogP contribution in [0.4, 0.5) is 0 Å². The first-order valence-electron chi connectivity index (χ1n) is 3.05. The van der Waals surface area contributed by atoms with Crippen molar-refractivity contribution < 1.29 is 0 Å². The zero-order valence-corrected chi connectivity index (χ0v) is 5.41. The third-order valence-electron chi connectivity index (χ3n) is 1.63. The molecule has 0 spiro atoms. The van der Waals surface area contributed by atoms with Gasteiger partial charge in [0.15, 0.2) is 0 Å². The molecule has 0 aliphatic carbocycles. The van der Waals surface area contributed by atoms with Crippen molar-refractivity contribution in [3.8, 4) is 0 Å². The average molecular weight is 136 g/mol. The van der Waals surface area contributed by atoms with E-state index in [1.165, 1.54) is 0 Å². The Morgan fingerprint density at radius 1 is 1.60 bits per heavy atom. The molecular weight excluding hydrogens is 128 g/mol. The molecule has 0 saturated carbocycles. The van der Waals surface area contributed by atoms with E-state index in [0.717, 1.165) is 11.4 Å². The van der Waals surface area contributed by atoms with E-state index in [9.17, 15) is 0 Å². The Kier molecular flexibility index (Phi) is 0.881. The molecule has 0 radical (unpaired) electrons. The molecule has 4 nitrogen and oxygen atoms in total. The van der Waals surface area contributed by atoms with Gasteiger partial charge in [-0.2, -0.15) is 0 Å². The monoisotopic (exact) mass is 136 g/mol. The van der Waals surface area contributed by atoms with Gasteiger partial charge in [-0.3, -0.25) is 4.99 Å². The van der Waals surface area contributed by atoms with Crippen molar-refractivity contribution in [2.75, 3.05) is 6.54 Å². The maximum atomic E-state index is 5.58. The van der Waals surface area contributed by atoms with Crippen LogP contribution in [0.1, 0.15) is 0 Å². The molecule has 0 saturated heterocycles. The van der Waals surface area contributed by atoms with Crippen LogP contribution in [-0.4, -0.2) is 17.8 Å². The summed E-state index contributed by atoms with van der Waals surface area (Å²) in [7, 11) is 0. The Balaban J connectivity index is 2.49. The number of rotatable bonds is 0. The number of hydrogen-bond donors (Lipinski definition) is 2. The molecule has 4 N–H and O–H groups in total. The molecule has 0 aromatic heterocycles. The van der Waals surface area contributed by atoms with Crippen LogP contribution in [0, 0.1) is 0 Å². The molecule has 4 heteroatoms. The molecule has 2 aliphatic rings. The number of fused-ring (bicyclic) bond motifs is 1. The highest BCUT2D eigenvalue weighted by Crippen LogP contribution is 2.25. The SMILES string of the molecule is NC1=C2C(=CCN2N)N=C1. The Bertz CT molecular complexity index is 261. The van der Waals surface area contributed by atoms with Crippen LogP contribution in [0.25, 0.3) is 0 Å². The van der Waals surface area contributed by atoms with E-state index in [-0.39, 0.29) is 0 Å². The van der Waals surface area contributed by atoms with E-state index < -0.39 is 0 Å². The van der Waals surface area contributed by atoms with Gasteiger partial charge in [-0.25, -0.2) is 5.84 Å². The zero-order valence-electron chi connectivity index (χ0n) is 5.41. The lowest BCUT2D eigenvalue weighted by molar-refractivity contribution is 0.424. The normalized spacial score (nSPS) is 22.1. The standard InChI is InChI=1S/C6H8N4/c7-4-3-9-5-1-2-10(8)6(4)5/h1,3H,2,7-8H2. The van der Waals surface area contributed by atoms with Crippen molar-refractivity contribution in [1.82, 2.24) is 5.01 Å². The van der Waals surface area contributed by atoms with Crippen molar-refractivity contribution in [3.63, 3.8) is 0 Å². The van der Waals surface area contributed by atoms with Gasteiger partial charge in [0.25, 0.3) is 0 Å². The lowest BCUT2D eigenvalue weighted by atomic mass is 10.3. The van der Waals surface area contributed by atoms with Crippen LogP contribution >= 0.6 is 0 Å². The van der Waals surface area contributed by atoms with Crippen LogP contribution in [0.3, 0.4) is 0 Å². The number of nitrogens with two attached hydrogens (primary N) is 2. The molecule has 52 valence electrons. The lowest BCUT2D eigenvalue weighted by Gasteiger charge is -2.11. The van der Waals surface area contributed by atoms with E-state index in [1.807, 2.05) is 6.08 Å². The van der Waals surface area contributed by atoms with Gasteiger partial charge in [-0.05, 0) is 6.08 Å². The Morgan fingerprint density at radius 2 is 2.40 bits per heavy atom. The van der Waals surface area contributed by atoms with Crippen LogP contribution in [0.15, 0.2) is 28.2 Å². The molecule has 2 rings (SSSR count). The third kappa shape index (κ3) is 0.510. The number of aliphatic imine (C=N–C) groups is 1. The smallest absolute Gasteiger partial charge is 0.102 e. The van der Waals surface area contributed by atoms with E-state index in [4.69, 9.17) is 11.6 Å². The van der Waals surface area contributed by atoms with E-state index in [2.05, 4.69) is 4.99 Å². The summed E-state index contributed by atoms with van der Waals surface area (Å²) < 4.78 is 0. The van der Waals surface area contributed by atoms with Crippen molar-refractivity contribution in [1.29, 1.82) is 0 Å². The molecule has 0 aromatic rings. The number of nitrogens with zero attached hydrogens (tertiary/aromatic N) is 2. The lowest BCUT2D eigenvalue weighted by Crippen LogP contribution is -2.28. The van der Waals surface area contributed by atoms with Gasteiger partial charge >= 0.3 is 0 Å². The molecule has 0 amide bonds. The minimum Gasteiger partial charge on any atom is -0.396 e. The van der Waals surface area contributed by atoms with Crippen molar-refractivity contribution in [2.45, 2.75) is 0 Å². The quantitative estimate of drug-likeness (QED) is 0.433. The van der Waals surface area contributed by atoms with Gasteiger partial charge < -0.3 is 10.7 Å². The summed E-state index contributed by atoms with van der Waals surface area (Å²) in [6.45, 7) is 0.711. The summed E-state index contributed by atoms with van der Waals surface area (Å²) >= 11 is 0. The Morgan fingerprint density at radius 3 is 3.10 bits per heavy atom. The zero-order chi connectivity index (χ0) is 7.14. The summed E-state index contributed by atoms with van der Waals surface area (Å²) in [6.07, 6.45) is 3.58. The summed E-state index contributed by atoms with van der Waals surface area (Å²) in [4.78, 5) is 4.04. The van der Waals surface area contributed by atoms with E-state index >= 15 is 0 Å². The predicted molar refractivity (Wildman–Crippen MR) is 38.7 cm³/mol. The predicted octanol–water partition coefficient (Wildman–Crippen LogP) is -0.686. The molecular formula is C6H8N4. The maximum absolute atomic E-state index is 5.58. The topological polar surface area (TPSA) is 67.6 Å². The van der Waals surface area contributed by atoms with Gasteiger partial charge in [-0.1, -0.05) is 0 Å². The first-order valence-corrected chi connectivity index (χ1v) is 3.05. The molecule has 0 atom stereocenters. The first-order chi connectivity index (χ1) is 4.79. The van der Waals surface area contributed by atoms with E-state index in [0.29, 0.717) is 12.2 Å². The second kappa shape index (κ2) is 1.60. The maximum Gasteiger partial charge on any atom is 0.102 e. The first kappa shape index (κ1) is 5.49. The fraction of sp³-hybridized carbons (Fsp3) is 0.167. The van der Waals surface area contributed by atoms with Gasteiger partial charge in [0.1, 0.15) is 5.70 Å². The summed E-state index contributed by atoms with van der Waals surface area (Å²) in [5.74, 6) is 5.57. The summed E-state index contributed by atoms with van der Waals surface area (Å²) in [5.41, 5.74) is 8.00. The summed E-state index contributed by atoms with van der Waals surface area (Å²) in [5, 5.41) is 1.59. The third-order valence-corrected chi connectivity index (χ3v) is 1.63. The largest absolute Gasteiger partial charge is 0.396 e. The fourth-order valence-corrected chi connectivity index (χ4v) is 1.15. The highest BCUT2D eigenvalue weighted by molar-refractivity contribution is 5.85. The molecule has 10 heavy (non-hydrogen) atoms. The van der Waals surface area contributed by atoms with Crippen LogP contribution in [-0.2, 0) is 0 Å². The molecule has 2 aliphatic heterocycles.